The van der Waals surface area contributed by atoms with Gasteiger partial charge in [0.1, 0.15) is 0 Å². The summed E-state index contributed by atoms with van der Waals surface area (Å²) in [4.78, 5) is 25.0. The van der Waals surface area contributed by atoms with Crippen LogP contribution in [0.5, 0.6) is 0 Å². The van der Waals surface area contributed by atoms with Crippen LogP contribution in [0.3, 0.4) is 0 Å². The van der Waals surface area contributed by atoms with Crippen molar-refractivity contribution in [1.29, 1.82) is 0 Å². The second kappa shape index (κ2) is 6.47. The van der Waals surface area contributed by atoms with Gasteiger partial charge in [-0.15, -0.1) is 0 Å². The molecular weight excluding hydrogens is 332 g/mol. The molecule has 0 aromatic carbocycles. The number of nitrogens with zero attached hydrogens (tertiary/aromatic N) is 2. The van der Waals surface area contributed by atoms with Gasteiger partial charge in [-0.2, -0.15) is 0 Å². The molecule has 1 aliphatic rings. The van der Waals surface area contributed by atoms with Gasteiger partial charge < -0.3 is 4.90 Å². The van der Waals surface area contributed by atoms with Gasteiger partial charge in [0, 0.05) is 24.0 Å². The zero-order chi connectivity index (χ0) is 13.8. The molecule has 19 heavy (non-hydrogen) atoms. The Morgan fingerprint density at radius 2 is 2.26 bits per heavy atom. The molecule has 0 radical (unpaired) electrons. The van der Waals surface area contributed by atoms with Gasteiger partial charge in [0.25, 0.3) is 5.91 Å². The lowest BCUT2D eigenvalue weighted by Crippen LogP contribution is -2.40. The summed E-state index contributed by atoms with van der Waals surface area (Å²) in [6.45, 7) is 0.737. The minimum Gasteiger partial charge on any atom is -0.334 e. The number of rotatable bonds is 3. The molecule has 1 aromatic rings. The summed E-state index contributed by atoms with van der Waals surface area (Å²) in [5.74, 6) is -0.0792. The molecule has 1 saturated heterocycles. The van der Waals surface area contributed by atoms with Crippen molar-refractivity contribution in [3.63, 3.8) is 0 Å². The van der Waals surface area contributed by atoms with Crippen LogP contribution in [-0.4, -0.2) is 33.6 Å². The normalized spacial score (nSPS) is 20.1. The third kappa shape index (κ3) is 3.33. The van der Waals surface area contributed by atoms with Crippen LogP contribution in [0, 0.1) is 10.1 Å². The Morgan fingerprint density at radius 1 is 1.47 bits per heavy atom. The number of nitro groups is 1. The highest BCUT2D eigenvalue weighted by Crippen LogP contribution is 2.27. The lowest BCUT2D eigenvalue weighted by Gasteiger charge is -2.28. The fourth-order valence-electron chi connectivity index (χ4n) is 2.29. The van der Waals surface area contributed by atoms with E-state index in [4.69, 9.17) is 0 Å². The summed E-state index contributed by atoms with van der Waals surface area (Å²) in [7, 11) is 0. The van der Waals surface area contributed by atoms with Crippen molar-refractivity contribution in [3.8, 4) is 0 Å². The summed E-state index contributed by atoms with van der Waals surface area (Å²) < 4.78 is 0. The molecule has 2 rings (SSSR count). The van der Waals surface area contributed by atoms with Gasteiger partial charge >= 0.3 is 5.00 Å². The summed E-state index contributed by atoms with van der Waals surface area (Å²) in [5, 5.41) is 11.5. The first-order valence-electron chi connectivity index (χ1n) is 6.24. The van der Waals surface area contributed by atoms with Crippen LogP contribution >= 0.6 is 27.3 Å². The van der Waals surface area contributed by atoms with Crippen LogP contribution < -0.4 is 0 Å². The van der Waals surface area contributed by atoms with Gasteiger partial charge in [-0.3, -0.25) is 14.9 Å². The van der Waals surface area contributed by atoms with Crippen LogP contribution in [0.2, 0.25) is 0 Å². The number of thiophene rings is 1. The van der Waals surface area contributed by atoms with Gasteiger partial charge in [0.2, 0.25) is 0 Å². The van der Waals surface area contributed by atoms with E-state index in [2.05, 4.69) is 15.9 Å². The third-order valence-corrected chi connectivity index (χ3v) is 5.07. The highest BCUT2D eigenvalue weighted by molar-refractivity contribution is 9.09. The first kappa shape index (κ1) is 14.5. The fourth-order valence-corrected chi connectivity index (χ4v) is 3.74. The average Bonchev–Trinajstić information content (AvgIpc) is 2.77. The Kier molecular flexibility index (Phi) is 4.93. The molecule has 1 atom stereocenters. The molecule has 1 fully saturated rings. The standard InChI is InChI=1S/C12H15BrN2O3S/c13-8-9-4-2-1-3-7-14(9)12(16)10-5-6-11(19-10)15(17)18/h5-6,9H,1-4,7-8H2. The zero-order valence-electron chi connectivity index (χ0n) is 10.4. The fraction of sp³-hybridized carbons (Fsp3) is 0.583. The van der Waals surface area contributed by atoms with E-state index in [-0.39, 0.29) is 17.0 Å². The average molecular weight is 347 g/mol. The molecule has 0 aliphatic carbocycles. The minimum absolute atomic E-state index is 0.0218. The highest BCUT2D eigenvalue weighted by Gasteiger charge is 2.27. The van der Waals surface area contributed by atoms with E-state index in [9.17, 15) is 14.9 Å². The molecule has 0 bridgehead atoms. The Hall–Kier alpha value is -0.950. The number of carbonyl (C=O) groups is 1. The van der Waals surface area contributed by atoms with Crippen molar-refractivity contribution >= 4 is 38.2 Å². The molecule has 1 aliphatic heterocycles. The molecule has 1 unspecified atom stereocenters. The Balaban J connectivity index is 2.17. The van der Waals surface area contributed by atoms with Crippen LogP contribution in [0.1, 0.15) is 35.4 Å². The summed E-state index contributed by atoms with van der Waals surface area (Å²) in [6.07, 6.45) is 4.26. The molecule has 1 amide bonds. The van der Waals surface area contributed by atoms with Gasteiger partial charge in [0.15, 0.2) is 0 Å². The minimum atomic E-state index is -0.453. The quantitative estimate of drug-likeness (QED) is 0.478. The second-order valence-corrected chi connectivity index (χ2v) is 6.26. The molecular formula is C12H15BrN2O3S. The lowest BCUT2D eigenvalue weighted by molar-refractivity contribution is -0.380. The van der Waals surface area contributed by atoms with Crippen molar-refractivity contribution in [3.05, 3.63) is 27.1 Å². The molecule has 0 saturated carbocycles. The van der Waals surface area contributed by atoms with Crippen molar-refractivity contribution in [2.24, 2.45) is 0 Å². The summed E-state index contributed by atoms with van der Waals surface area (Å²) in [6, 6.07) is 3.15. The number of amides is 1. The maximum Gasteiger partial charge on any atom is 0.324 e. The second-order valence-electron chi connectivity index (χ2n) is 4.55. The van der Waals surface area contributed by atoms with E-state index in [0.29, 0.717) is 4.88 Å². The van der Waals surface area contributed by atoms with E-state index in [1.54, 1.807) is 6.07 Å². The monoisotopic (exact) mass is 346 g/mol. The largest absolute Gasteiger partial charge is 0.334 e. The number of alkyl halides is 1. The van der Waals surface area contributed by atoms with Gasteiger partial charge in [-0.25, -0.2) is 0 Å². The first-order chi connectivity index (χ1) is 9.13. The Morgan fingerprint density at radius 3 is 2.89 bits per heavy atom. The van der Waals surface area contributed by atoms with E-state index >= 15 is 0 Å². The predicted octanol–water partition coefficient (Wildman–Crippen LogP) is 3.44. The van der Waals surface area contributed by atoms with Crippen molar-refractivity contribution in [2.75, 3.05) is 11.9 Å². The molecule has 7 heteroatoms. The lowest BCUT2D eigenvalue weighted by atomic mass is 10.1. The molecule has 2 heterocycles. The number of halogens is 1. The van der Waals surface area contributed by atoms with E-state index in [1.807, 2.05) is 4.90 Å². The van der Waals surface area contributed by atoms with Crippen LogP contribution in [0.4, 0.5) is 5.00 Å². The van der Waals surface area contributed by atoms with Crippen LogP contribution in [0.15, 0.2) is 12.1 Å². The van der Waals surface area contributed by atoms with Gasteiger partial charge in [-0.1, -0.05) is 40.1 Å². The molecule has 5 nitrogen and oxygen atoms in total. The van der Waals surface area contributed by atoms with Crippen molar-refractivity contribution < 1.29 is 9.72 Å². The maximum absolute atomic E-state index is 12.5. The van der Waals surface area contributed by atoms with Crippen molar-refractivity contribution in [1.82, 2.24) is 4.90 Å². The van der Waals surface area contributed by atoms with E-state index in [0.717, 1.165) is 48.9 Å². The smallest absolute Gasteiger partial charge is 0.324 e. The number of carbonyl (C=O) groups excluding carboxylic acids is 1. The van der Waals surface area contributed by atoms with Gasteiger partial charge in [-0.05, 0) is 18.9 Å². The van der Waals surface area contributed by atoms with Gasteiger partial charge in [0.05, 0.1) is 9.80 Å². The van der Waals surface area contributed by atoms with E-state index in [1.165, 1.54) is 6.07 Å². The first-order valence-corrected chi connectivity index (χ1v) is 8.18. The molecule has 0 spiro atoms. The highest BCUT2D eigenvalue weighted by atomic mass is 79.9. The maximum atomic E-state index is 12.5. The SMILES string of the molecule is O=C(c1ccc([N+](=O)[O-])s1)N1CCCCCC1CBr. The van der Waals surface area contributed by atoms with Crippen LogP contribution in [-0.2, 0) is 0 Å². The molecule has 1 aromatic heterocycles. The number of likely N-dealkylation sites (tertiary alicyclic amines) is 1. The molecule has 104 valence electrons. The third-order valence-electron chi connectivity index (χ3n) is 3.30. The Bertz CT molecular complexity index is 477. The number of hydrogen-bond acceptors (Lipinski definition) is 4. The topological polar surface area (TPSA) is 63.4 Å². The molecule has 0 N–H and O–H groups in total. The zero-order valence-corrected chi connectivity index (χ0v) is 12.8. The summed E-state index contributed by atoms with van der Waals surface area (Å²) in [5.41, 5.74) is 0. The predicted molar refractivity (Wildman–Crippen MR) is 78.1 cm³/mol. The summed E-state index contributed by atoms with van der Waals surface area (Å²) >= 11 is 4.41. The van der Waals surface area contributed by atoms with E-state index < -0.39 is 4.92 Å². The number of hydrogen-bond donors (Lipinski definition) is 0. The Labute approximate surface area is 123 Å². The van der Waals surface area contributed by atoms with Crippen LogP contribution in [0.25, 0.3) is 0 Å². The van der Waals surface area contributed by atoms with Crippen molar-refractivity contribution in [2.45, 2.75) is 31.7 Å².